The Labute approximate surface area is 113 Å². The molecule has 1 saturated heterocycles. The van der Waals surface area contributed by atoms with Crippen LogP contribution in [0.2, 0.25) is 0 Å². The molecule has 2 amide bonds. The Kier molecular flexibility index (Phi) is 4.15. The molecule has 0 N–H and O–H groups in total. The number of benzene rings is 1. The Hall–Kier alpha value is -1.90. The van der Waals surface area contributed by atoms with Crippen molar-refractivity contribution >= 4 is 11.8 Å². The second kappa shape index (κ2) is 5.83. The monoisotopic (exact) mass is 257 g/mol. The van der Waals surface area contributed by atoms with Crippen LogP contribution in [0.15, 0.2) is 41.5 Å². The summed E-state index contributed by atoms with van der Waals surface area (Å²) in [5, 5.41) is 0. The number of nitrogens with zero attached hydrogens (tertiary/aromatic N) is 1. The molecule has 0 saturated carbocycles. The van der Waals surface area contributed by atoms with Gasteiger partial charge in [-0.05, 0) is 18.9 Å². The lowest BCUT2D eigenvalue weighted by Crippen LogP contribution is -2.28. The molecule has 0 spiro atoms. The maximum Gasteiger partial charge on any atom is 0.257 e. The van der Waals surface area contributed by atoms with E-state index in [1.54, 1.807) is 0 Å². The number of hydrogen-bond acceptors (Lipinski definition) is 2. The van der Waals surface area contributed by atoms with Crippen LogP contribution < -0.4 is 0 Å². The Morgan fingerprint density at radius 2 is 1.89 bits per heavy atom. The van der Waals surface area contributed by atoms with Gasteiger partial charge in [0.15, 0.2) is 0 Å². The third-order valence-electron chi connectivity index (χ3n) is 3.46. The normalized spacial score (nSPS) is 18.1. The largest absolute Gasteiger partial charge is 0.274 e. The molecule has 0 aromatic heterocycles. The summed E-state index contributed by atoms with van der Waals surface area (Å²) in [4.78, 5) is 25.6. The van der Waals surface area contributed by atoms with E-state index in [4.69, 9.17) is 0 Å². The van der Waals surface area contributed by atoms with Gasteiger partial charge in [-0.15, -0.1) is 0 Å². The molecular formula is C16H19NO2. The van der Waals surface area contributed by atoms with Crippen LogP contribution in [0.1, 0.15) is 38.7 Å². The summed E-state index contributed by atoms with van der Waals surface area (Å²) in [6.07, 6.45) is 2.14. The zero-order chi connectivity index (χ0) is 13.8. The van der Waals surface area contributed by atoms with E-state index in [1.807, 2.05) is 37.3 Å². The number of hydrogen-bond donors (Lipinski definition) is 0. The summed E-state index contributed by atoms with van der Waals surface area (Å²) >= 11 is 0. The van der Waals surface area contributed by atoms with Gasteiger partial charge in [-0.25, -0.2) is 0 Å². The van der Waals surface area contributed by atoms with E-state index in [1.165, 1.54) is 4.90 Å². The highest BCUT2D eigenvalue weighted by molar-refractivity contribution is 6.13. The highest BCUT2D eigenvalue weighted by Gasteiger charge is 2.34. The van der Waals surface area contributed by atoms with Crippen molar-refractivity contribution in [2.75, 3.05) is 0 Å². The smallest absolute Gasteiger partial charge is 0.257 e. The molecular weight excluding hydrogens is 238 g/mol. The third kappa shape index (κ3) is 2.92. The van der Waals surface area contributed by atoms with Gasteiger partial charge in [-0.1, -0.05) is 49.2 Å². The number of allylic oxidation sites excluding steroid dienone is 1. The molecule has 1 fully saturated rings. The molecule has 1 aliphatic rings. The van der Waals surface area contributed by atoms with E-state index < -0.39 is 0 Å². The first-order valence-electron chi connectivity index (χ1n) is 6.70. The average molecular weight is 257 g/mol. The number of carbonyl (C=O) groups excluding carboxylic acids is 2. The molecule has 0 radical (unpaired) electrons. The lowest BCUT2D eigenvalue weighted by Gasteiger charge is -2.13. The maximum atomic E-state index is 12.3. The second-order valence-electron chi connectivity index (χ2n) is 4.96. The molecule has 1 aliphatic heterocycles. The number of carbonyl (C=O) groups is 2. The van der Waals surface area contributed by atoms with Crippen LogP contribution in [0.4, 0.5) is 0 Å². The minimum absolute atomic E-state index is 0.0840. The standard InChI is InChI=1S/C16H19NO2/c1-3-7-12(2)14-10-15(18)17(16(14)19)11-13-8-5-4-6-9-13/h4-6,8-9H,3,7,10-11H2,1-2H3/b14-12-. The fourth-order valence-corrected chi connectivity index (χ4v) is 2.38. The van der Waals surface area contributed by atoms with Gasteiger partial charge < -0.3 is 0 Å². The summed E-state index contributed by atoms with van der Waals surface area (Å²) in [7, 11) is 0. The van der Waals surface area contributed by atoms with Crippen molar-refractivity contribution in [2.45, 2.75) is 39.7 Å². The Morgan fingerprint density at radius 1 is 1.21 bits per heavy atom. The highest BCUT2D eigenvalue weighted by atomic mass is 16.2. The summed E-state index contributed by atoms with van der Waals surface area (Å²) in [6.45, 7) is 4.41. The highest BCUT2D eigenvalue weighted by Crippen LogP contribution is 2.25. The Morgan fingerprint density at radius 3 is 2.53 bits per heavy atom. The van der Waals surface area contributed by atoms with Gasteiger partial charge in [0.1, 0.15) is 0 Å². The van der Waals surface area contributed by atoms with Gasteiger partial charge in [0.2, 0.25) is 5.91 Å². The van der Waals surface area contributed by atoms with Crippen molar-refractivity contribution < 1.29 is 9.59 Å². The molecule has 0 bridgehead atoms. The zero-order valence-electron chi connectivity index (χ0n) is 11.5. The Balaban J connectivity index is 2.18. The molecule has 19 heavy (non-hydrogen) atoms. The molecule has 3 heteroatoms. The number of likely N-dealkylation sites (tertiary alicyclic amines) is 1. The average Bonchev–Trinajstić information content (AvgIpc) is 2.68. The van der Waals surface area contributed by atoms with E-state index in [2.05, 4.69) is 6.92 Å². The molecule has 1 aromatic carbocycles. The molecule has 0 atom stereocenters. The molecule has 100 valence electrons. The first kappa shape index (κ1) is 13.5. The summed E-state index contributed by atoms with van der Waals surface area (Å²) in [5.74, 6) is -0.195. The minimum atomic E-state index is -0.111. The first-order chi connectivity index (χ1) is 9.13. The van der Waals surface area contributed by atoms with Crippen molar-refractivity contribution in [3.8, 4) is 0 Å². The quantitative estimate of drug-likeness (QED) is 0.614. The topological polar surface area (TPSA) is 37.4 Å². The van der Waals surface area contributed by atoms with Crippen LogP contribution in [-0.4, -0.2) is 16.7 Å². The maximum absolute atomic E-state index is 12.3. The van der Waals surface area contributed by atoms with Crippen molar-refractivity contribution in [3.63, 3.8) is 0 Å². The van der Waals surface area contributed by atoms with E-state index in [0.717, 1.165) is 24.0 Å². The third-order valence-corrected chi connectivity index (χ3v) is 3.46. The van der Waals surface area contributed by atoms with Gasteiger partial charge >= 0.3 is 0 Å². The van der Waals surface area contributed by atoms with Gasteiger partial charge in [0.05, 0.1) is 13.0 Å². The van der Waals surface area contributed by atoms with E-state index in [9.17, 15) is 9.59 Å². The molecule has 2 rings (SSSR count). The van der Waals surface area contributed by atoms with E-state index in [-0.39, 0.29) is 18.2 Å². The molecule has 3 nitrogen and oxygen atoms in total. The first-order valence-corrected chi connectivity index (χ1v) is 6.70. The van der Waals surface area contributed by atoms with Crippen LogP contribution in [0.5, 0.6) is 0 Å². The van der Waals surface area contributed by atoms with E-state index >= 15 is 0 Å². The number of amides is 2. The van der Waals surface area contributed by atoms with Gasteiger partial charge in [-0.2, -0.15) is 0 Å². The number of rotatable bonds is 4. The van der Waals surface area contributed by atoms with Crippen LogP contribution in [0, 0.1) is 0 Å². The predicted octanol–water partition coefficient (Wildman–Crippen LogP) is 3.06. The fraction of sp³-hybridized carbons (Fsp3) is 0.375. The van der Waals surface area contributed by atoms with Crippen molar-refractivity contribution in [3.05, 3.63) is 47.0 Å². The van der Waals surface area contributed by atoms with Crippen LogP contribution in [0.25, 0.3) is 0 Å². The Bertz CT molecular complexity index is 517. The van der Waals surface area contributed by atoms with Gasteiger partial charge in [0, 0.05) is 5.57 Å². The van der Waals surface area contributed by atoms with Crippen LogP contribution in [0.3, 0.4) is 0 Å². The van der Waals surface area contributed by atoms with Gasteiger partial charge in [-0.3, -0.25) is 14.5 Å². The van der Waals surface area contributed by atoms with Gasteiger partial charge in [0.25, 0.3) is 5.91 Å². The molecule has 0 unspecified atom stereocenters. The van der Waals surface area contributed by atoms with Crippen molar-refractivity contribution in [1.82, 2.24) is 4.90 Å². The van der Waals surface area contributed by atoms with Crippen LogP contribution >= 0.6 is 0 Å². The second-order valence-corrected chi connectivity index (χ2v) is 4.96. The molecule has 1 heterocycles. The predicted molar refractivity (Wildman–Crippen MR) is 74.2 cm³/mol. The summed E-state index contributed by atoms with van der Waals surface area (Å²) < 4.78 is 0. The SMILES string of the molecule is CCC/C(C)=C1/CC(=O)N(Cc2ccccc2)C1=O. The zero-order valence-corrected chi connectivity index (χ0v) is 11.5. The van der Waals surface area contributed by atoms with Crippen molar-refractivity contribution in [2.24, 2.45) is 0 Å². The van der Waals surface area contributed by atoms with Crippen molar-refractivity contribution in [1.29, 1.82) is 0 Å². The van der Waals surface area contributed by atoms with E-state index in [0.29, 0.717) is 12.1 Å². The number of imide groups is 1. The summed E-state index contributed by atoms with van der Waals surface area (Å²) in [6, 6.07) is 9.62. The molecule has 0 aliphatic carbocycles. The fourth-order valence-electron chi connectivity index (χ4n) is 2.38. The lowest BCUT2D eigenvalue weighted by atomic mass is 10.0. The summed E-state index contributed by atoms with van der Waals surface area (Å²) in [5.41, 5.74) is 2.73. The lowest BCUT2D eigenvalue weighted by molar-refractivity contribution is -0.138. The minimum Gasteiger partial charge on any atom is -0.274 e. The molecule has 1 aromatic rings. The van der Waals surface area contributed by atoms with Crippen LogP contribution in [-0.2, 0) is 16.1 Å².